The summed E-state index contributed by atoms with van der Waals surface area (Å²) in [5, 5.41) is 2.96. The fourth-order valence-corrected chi connectivity index (χ4v) is 5.58. The van der Waals surface area contributed by atoms with Crippen molar-refractivity contribution in [1.29, 1.82) is 0 Å². The fourth-order valence-electron chi connectivity index (χ4n) is 4.28. The van der Waals surface area contributed by atoms with Crippen LogP contribution in [0.3, 0.4) is 0 Å². The van der Waals surface area contributed by atoms with Crippen LogP contribution in [-0.2, 0) is 36.0 Å². The Bertz CT molecular complexity index is 1280. The summed E-state index contributed by atoms with van der Waals surface area (Å²) in [6, 6.07) is 11.7. The minimum atomic E-state index is -4.76. The van der Waals surface area contributed by atoms with Crippen molar-refractivity contribution in [2.45, 2.75) is 44.7 Å². The van der Waals surface area contributed by atoms with Gasteiger partial charge in [0.1, 0.15) is 0 Å². The molecule has 0 amide bonds. The molecule has 37 heavy (non-hydrogen) atoms. The number of hydrogen-bond donors (Lipinski definition) is 1. The SMILES string of the molecule is CCOC(=O)C1=C(C)NC(CS(=O)c2ccccc2C)=C(C(=O)OCC)[C@H]1c1ccccc1C(F)(F)F. The number of hydrogen-bond acceptors (Lipinski definition) is 6. The van der Waals surface area contributed by atoms with Crippen molar-refractivity contribution >= 4 is 22.7 Å². The number of esters is 2. The smallest absolute Gasteiger partial charge is 0.416 e. The standard InChI is InChI=1S/C27H28F3NO5S/c1-5-35-25(32)22-17(4)31-20(15-37(34)21-14-10-7-11-16(21)3)24(26(33)36-6-2)23(22)18-12-8-9-13-19(18)27(28,29)30/h7-14,23,31H,5-6,15H2,1-4H3/t23-,37?/m0/s1. The Morgan fingerprint density at radius 3 is 2.08 bits per heavy atom. The monoisotopic (exact) mass is 535 g/mol. The molecule has 1 unspecified atom stereocenters. The van der Waals surface area contributed by atoms with Crippen LogP contribution < -0.4 is 5.32 Å². The Labute approximate surface area is 216 Å². The largest absolute Gasteiger partial charge is 0.463 e. The van der Waals surface area contributed by atoms with Gasteiger partial charge >= 0.3 is 18.1 Å². The molecule has 6 nitrogen and oxygen atoms in total. The zero-order chi connectivity index (χ0) is 27.3. The number of halogens is 3. The Balaban J connectivity index is 2.29. The topological polar surface area (TPSA) is 81.7 Å². The molecule has 0 aromatic heterocycles. The normalized spacial score (nSPS) is 16.8. The number of alkyl halides is 3. The molecule has 3 rings (SSSR count). The van der Waals surface area contributed by atoms with Crippen LogP contribution in [-0.4, -0.2) is 35.1 Å². The van der Waals surface area contributed by atoms with Crippen molar-refractivity contribution in [3.63, 3.8) is 0 Å². The summed E-state index contributed by atoms with van der Waals surface area (Å²) in [7, 11) is -1.66. The molecular formula is C27H28F3NO5S. The molecule has 2 atom stereocenters. The molecular weight excluding hydrogens is 507 g/mol. The average molecular weight is 536 g/mol. The molecule has 1 N–H and O–H groups in total. The molecule has 2 aromatic carbocycles. The highest BCUT2D eigenvalue weighted by molar-refractivity contribution is 7.85. The van der Waals surface area contributed by atoms with Crippen molar-refractivity contribution in [2.75, 3.05) is 19.0 Å². The highest BCUT2D eigenvalue weighted by Gasteiger charge is 2.44. The van der Waals surface area contributed by atoms with Gasteiger partial charge in [0.15, 0.2) is 0 Å². The first-order valence-corrected chi connectivity index (χ1v) is 13.0. The van der Waals surface area contributed by atoms with Gasteiger partial charge < -0.3 is 14.8 Å². The molecule has 1 aliphatic rings. The van der Waals surface area contributed by atoms with Gasteiger partial charge in [-0.3, -0.25) is 4.21 Å². The van der Waals surface area contributed by atoms with Gasteiger partial charge in [0, 0.05) is 16.3 Å². The van der Waals surface area contributed by atoms with Crippen LogP contribution in [0, 0.1) is 6.92 Å². The summed E-state index contributed by atoms with van der Waals surface area (Å²) in [6.45, 7) is 6.35. The third-order valence-corrected chi connectivity index (χ3v) is 7.33. The van der Waals surface area contributed by atoms with Gasteiger partial charge in [0.05, 0.1) is 52.4 Å². The van der Waals surface area contributed by atoms with Crippen molar-refractivity contribution in [3.8, 4) is 0 Å². The van der Waals surface area contributed by atoms with E-state index in [1.807, 2.05) is 0 Å². The third kappa shape index (κ3) is 6.12. The van der Waals surface area contributed by atoms with Crippen molar-refractivity contribution in [2.24, 2.45) is 0 Å². The van der Waals surface area contributed by atoms with Crippen molar-refractivity contribution < 1.29 is 36.4 Å². The van der Waals surface area contributed by atoms with Gasteiger partial charge in [0.25, 0.3) is 0 Å². The quantitative estimate of drug-likeness (QED) is 0.470. The summed E-state index contributed by atoms with van der Waals surface area (Å²) in [4.78, 5) is 26.9. The first-order valence-electron chi connectivity index (χ1n) is 11.7. The van der Waals surface area contributed by atoms with E-state index in [0.29, 0.717) is 4.90 Å². The molecule has 10 heteroatoms. The molecule has 0 fully saturated rings. The van der Waals surface area contributed by atoms with Crippen LogP contribution in [0.2, 0.25) is 0 Å². The van der Waals surface area contributed by atoms with Crippen LogP contribution >= 0.6 is 0 Å². The zero-order valence-electron chi connectivity index (χ0n) is 20.9. The molecule has 198 valence electrons. The average Bonchev–Trinajstić information content (AvgIpc) is 2.83. The van der Waals surface area contributed by atoms with Gasteiger partial charge in [-0.15, -0.1) is 0 Å². The number of benzene rings is 2. The van der Waals surface area contributed by atoms with E-state index in [2.05, 4.69) is 5.32 Å². The molecule has 0 spiro atoms. The van der Waals surface area contributed by atoms with Gasteiger partial charge in [-0.25, -0.2) is 9.59 Å². The van der Waals surface area contributed by atoms with Crippen LogP contribution in [0.25, 0.3) is 0 Å². The van der Waals surface area contributed by atoms with Gasteiger partial charge in [-0.05, 0) is 51.0 Å². The van der Waals surface area contributed by atoms with Crippen molar-refractivity contribution in [3.05, 3.63) is 87.8 Å². The van der Waals surface area contributed by atoms with Crippen LogP contribution in [0.15, 0.2) is 76.0 Å². The molecule has 1 heterocycles. The number of dihydropyridines is 1. The zero-order valence-corrected chi connectivity index (χ0v) is 21.7. The predicted molar refractivity (Wildman–Crippen MR) is 133 cm³/mol. The van der Waals surface area contributed by atoms with Crippen molar-refractivity contribution in [1.82, 2.24) is 5.32 Å². The maximum absolute atomic E-state index is 14.1. The highest BCUT2D eigenvalue weighted by atomic mass is 32.2. The summed E-state index contributed by atoms with van der Waals surface area (Å²) < 4.78 is 66.0. The Kier molecular flexibility index (Phi) is 8.96. The minimum Gasteiger partial charge on any atom is -0.463 e. The van der Waals surface area contributed by atoms with Gasteiger partial charge in [0.2, 0.25) is 0 Å². The van der Waals surface area contributed by atoms with E-state index in [1.165, 1.54) is 25.1 Å². The number of rotatable bonds is 8. The fraction of sp³-hybridized carbons (Fsp3) is 0.333. The first-order chi connectivity index (χ1) is 17.5. The van der Waals surface area contributed by atoms with Gasteiger partial charge in [-0.1, -0.05) is 36.4 Å². The Morgan fingerprint density at radius 2 is 1.49 bits per heavy atom. The van der Waals surface area contributed by atoms with E-state index in [0.717, 1.165) is 11.6 Å². The summed E-state index contributed by atoms with van der Waals surface area (Å²) >= 11 is 0. The van der Waals surface area contributed by atoms with E-state index in [4.69, 9.17) is 9.47 Å². The van der Waals surface area contributed by atoms with E-state index in [-0.39, 0.29) is 47.1 Å². The second kappa shape index (κ2) is 11.8. The highest BCUT2D eigenvalue weighted by Crippen LogP contribution is 2.44. The number of ether oxygens (including phenoxy) is 2. The van der Waals surface area contributed by atoms with E-state index in [9.17, 15) is 27.0 Å². The second-order valence-corrected chi connectivity index (χ2v) is 9.69. The Morgan fingerprint density at radius 1 is 0.919 bits per heavy atom. The maximum Gasteiger partial charge on any atom is 0.416 e. The molecule has 2 aromatic rings. The lowest BCUT2D eigenvalue weighted by Crippen LogP contribution is -2.36. The van der Waals surface area contributed by atoms with Crippen LogP contribution in [0.5, 0.6) is 0 Å². The first kappa shape index (κ1) is 28.2. The number of carbonyl (C=O) groups excluding carboxylic acids is 2. The second-order valence-electron chi connectivity index (χ2n) is 8.27. The minimum absolute atomic E-state index is 0.0220. The van der Waals surface area contributed by atoms with Crippen LogP contribution in [0.4, 0.5) is 13.2 Å². The molecule has 0 saturated carbocycles. The molecule has 0 bridgehead atoms. The summed E-state index contributed by atoms with van der Waals surface area (Å²) in [6.07, 6.45) is -4.76. The molecule has 0 aliphatic carbocycles. The number of nitrogens with one attached hydrogen (secondary N) is 1. The lowest BCUT2D eigenvalue weighted by atomic mass is 9.78. The summed E-state index contributed by atoms with van der Waals surface area (Å²) in [5.74, 6) is -3.45. The van der Waals surface area contributed by atoms with E-state index >= 15 is 0 Å². The lowest BCUT2D eigenvalue weighted by molar-refractivity contribution is -0.142. The molecule has 1 aliphatic heterocycles. The number of carbonyl (C=O) groups is 2. The Hall–Kier alpha value is -3.40. The predicted octanol–water partition coefficient (Wildman–Crippen LogP) is 5.16. The lowest BCUT2D eigenvalue weighted by Gasteiger charge is -2.32. The maximum atomic E-state index is 14.1. The third-order valence-electron chi connectivity index (χ3n) is 5.83. The van der Waals surface area contributed by atoms with Gasteiger partial charge in [-0.2, -0.15) is 13.2 Å². The van der Waals surface area contributed by atoms with Crippen LogP contribution in [0.1, 0.15) is 43.4 Å². The van der Waals surface area contributed by atoms with E-state index in [1.54, 1.807) is 45.0 Å². The molecule has 0 radical (unpaired) electrons. The number of aryl methyl sites for hydroxylation is 1. The molecule has 0 saturated heterocycles. The summed E-state index contributed by atoms with van der Waals surface area (Å²) in [5.41, 5.74) is -0.592. The van der Waals surface area contributed by atoms with E-state index < -0.39 is 40.4 Å². The number of allylic oxidation sites excluding steroid dienone is 1.